The van der Waals surface area contributed by atoms with Crippen molar-refractivity contribution >= 4 is 19.8 Å². The molecule has 0 saturated heterocycles. The SMILES string of the molecule is CC/C=C\C/C=C\C/C=C\C/C=C\CCCCCCCCCCCCCCC(=O)OC(COC(=O)CCCCCCCCCCCCC)COP(=O)([O-])OCC[N+](C)(C)C. The molecular formula is C50H92NO8P. The van der Waals surface area contributed by atoms with Gasteiger partial charge in [-0.2, -0.15) is 0 Å². The molecule has 350 valence electrons. The second kappa shape index (κ2) is 42.3. The van der Waals surface area contributed by atoms with Gasteiger partial charge in [0.2, 0.25) is 0 Å². The van der Waals surface area contributed by atoms with Crippen molar-refractivity contribution in [2.24, 2.45) is 0 Å². The van der Waals surface area contributed by atoms with Gasteiger partial charge in [-0.15, -0.1) is 0 Å². The lowest BCUT2D eigenvalue weighted by Gasteiger charge is -2.28. The van der Waals surface area contributed by atoms with E-state index in [4.69, 9.17) is 18.5 Å². The summed E-state index contributed by atoms with van der Waals surface area (Å²) in [4.78, 5) is 37.6. The second-order valence-electron chi connectivity index (χ2n) is 17.5. The second-order valence-corrected chi connectivity index (χ2v) is 18.9. The van der Waals surface area contributed by atoms with Crippen LogP contribution in [0.4, 0.5) is 0 Å². The van der Waals surface area contributed by atoms with Gasteiger partial charge in [0.25, 0.3) is 7.82 Å². The maximum atomic E-state index is 12.7. The zero-order valence-electron chi connectivity index (χ0n) is 39.4. The maximum absolute atomic E-state index is 12.7. The highest BCUT2D eigenvalue weighted by Gasteiger charge is 2.21. The molecule has 0 heterocycles. The number of likely N-dealkylation sites (N-methyl/N-ethyl adjacent to an activating group) is 1. The molecule has 0 aromatic rings. The number of hydrogen-bond donors (Lipinski definition) is 0. The fraction of sp³-hybridized carbons (Fsp3) is 0.800. The number of quaternary nitrogens is 1. The molecule has 0 rings (SSSR count). The van der Waals surface area contributed by atoms with Crippen molar-refractivity contribution in [3.8, 4) is 0 Å². The normalized spacial score (nSPS) is 13.9. The Labute approximate surface area is 369 Å². The summed E-state index contributed by atoms with van der Waals surface area (Å²) in [6, 6.07) is 0. The Morgan fingerprint density at radius 2 is 0.950 bits per heavy atom. The monoisotopic (exact) mass is 866 g/mol. The summed E-state index contributed by atoms with van der Waals surface area (Å²) in [7, 11) is 1.17. The molecule has 0 N–H and O–H groups in total. The summed E-state index contributed by atoms with van der Waals surface area (Å²) < 4.78 is 34.0. The highest BCUT2D eigenvalue weighted by Crippen LogP contribution is 2.38. The van der Waals surface area contributed by atoms with E-state index in [1.54, 1.807) is 0 Å². The minimum Gasteiger partial charge on any atom is -0.756 e. The fourth-order valence-electron chi connectivity index (χ4n) is 6.59. The summed E-state index contributed by atoms with van der Waals surface area (Å²) >= 11 is 0. The van der Waals surface area contributed by atoms with E-state index in [1.165, 1.54) is 109 Å². The molecule has 60 heavy (non-hydrogen) atoms. The van der Waals surface area contributed by atoms with Crippen molar-refractivity contribution in [2.45, 2.75) is 213 Å². The van der Waals surface area contributed by atoms with Gasteiger partial charge in [-0.25, -0.2) is 0 Å². The third-order valence-electron chi connectivity index (χ3n) is 10.4. The van der Waals surface area contributed by atoms with Crippen LogP contribution >= 0.6 is 7.82 Å². The fourth-order valence-corrected chi connectivity index (χ4v) is 7.32. The van der Waals surface area contributed by atoms with Crippen molar-refractivity contribution in [2.75, 3.05) is 47.5 Å². The van der Waals surface area contributed by atoms with Crippen molar-refractivity contribution in [3.63, 3.8) is 0 Å². The van der Waals surface area contributed by atoms with Crippen LogP contribution in [0.1, 0.15) is 206 Å². The van der Waals surface area contributed by atoms with Gasteiger partial charge in [0.15, 0.2) is 6.10 Å². The van der Waals surface area contributed by atoms with Crippen LogP contribution in [0.5, 0.6) is 0 Å². The van der Waals surface area contributed by atoms with Gasteiger partial charge < -0.3 is 27.9 Å². The van der Waals surface area contributed by atoms with Crippen molar-refractivity contribution in [1.82, 2.24) is 0 Å². The zero-order chi connectivity index (χ0) is 44.3. The van der Waals surface area contributed by atoms with E-state index in [9.17, 15) is 19.0 Å². The number of allylic oxidation sites excluding steroid dienone is 8. The molecule has 0 bridgehead atoms. The number of esters is 2. The number of unbranched alkanes of at least 4 members (excludes halogenated alkanes) is 22. The molecule has 10 heteroatoms. The molecule has 2 unspecified atom stereocenters. The summed E-state index contributed by atoms with van der Waals surface area (Å²) in [5, 5.41) is 0. The zero-order valence-corrected chi connectivity index (χ0v) is 40.3. The number of carbonyl (C=O) groups excluding carboxylic acids is 2. The molecule has 0 aliphatic heterocycles. The molecule has 0 aromatic carbocycles. The molecule has 0 aromatic heterocycles. The minimum absolute atomic E-state index is 0.0309. The van der Waals surface area contributed by atoms with Gasteiger partial charge in [0, 0.05) is 12.8 Å². The Bertz CT molecular complexity index is 1160. The molecule has 0 spiro atoms. The molecule has 0 aliphatic carbocycles. The first-order valence-electron chi connectivity index (χ1n) is 24.3. The topological polar surface area (TPSA) is 111 Å². The van der Waals surface area contributed by atoms with Crippen LogP contribution in [-0.2, 0) is 32.7 Å². The summed E-state index contributed by atoms with van der Waals surface area (Å²) in [5.41, 5.74) is 0. The van der Waals surface area contributed by atoms with E-state index in [2.05, 4.69) is 62.5 Å². The van der Waals surface area contributed by atoms with E-state index in [-0.39, 0.29) is 32.0 Å². The van der Waals surface area contributed by atoms with Crippen molar-refractivity contribution < 1.29 is 42.1 Å². The predicted molar refractivity (Wildman–Crippen MR) is 250 cm³/mol. The number of ether oxygens (including phenoxy) is 2. The minimum atomic E-state index is -4.62. The lowest BCUT2D eigenvalue weighted by atomic mass is 10.0. The Balaban J connectivity index is 4.18. The average molecular weight is 866 g/mol. The molecule has 0 amide bonds. The first kappa shape index (κ1) is 58.0. The van der Waals surface area contributed by atoms with E-state index < -0.39 is 26.5 Å². The quantitative estimate of drug-likeness (QED) is 0.0196. The van der Waals surface area contributed by atoms with Gasteiger partial charge in [-0.05, 0) is 51.4 Å². The lowest BCUT2D eigenvalue weighted by molar-refractivity contribution is -0.870. The molecule has 0 fully saturated rings. The standard InChI is InChI=1S/C50H92NO8P/c1-6-8-10-12-14-16-18-19-20-21-22-23-24-25-26-27-28-29-30-31-33-35-37-39-41-43-50(53)59-48(47-58-60(54,55)57-45-44-51(3,4)5)46-56-49(52)42-40-38-36-34-32-17-15-13-11-9-7-2/h8,10,14,16,19-20,22-23,48H,6-7,9,11-13,15,17-18,21,24-47H2,1-5H3/b10-8-,16-14-,20-19-,23-22-. The first-order chi connectivity index (χ1) is 29.0. The van der Waals surface area contributed by atoms with Crippen LogP contribution in [0.15, 0.2) is 48.6 Å². The summed E-state index contributed by atoms with van der Waals surface area (Å²) in [5.74, 6) is -0.833. The molecular weight excluding hydrogens is 774 g/mol. The van der Waals surface area contributed by atoms with Crippen LogP contribution in [0, 0.1) is 0 Å². The van der Waals surface area contributed by atoms with Gasteiger partial charge in [0.05, 0.1) is 27.7 Å². The maximum Gasteiger partial charge on any atom is 0.306 e. The van der Waals surface area contributed by atoms with E-state index in [0.717, 1.165) is 64.2 Å². The smallest absolute Gasteiger partial charge is 0.306 e. The third kappa shape index (κ3) is 45.5. The van der Waals surface area contributed by atoms with Crippen molar-refractivity contribution in [3.05, 3.63) is 48.6 Å². The number of phosphoric ester groups is 1. The number of rotatable bonds is 44. The summed E-state index contributed by atoms with van der Waals surface area (Å²) in [6.07, 6.45) is 50.0. The largest absolute Gasteiger partial charge is 0.756 e. The molecule has 2 atom stereocenters. The van der Waals surface area contributed by atoms with Crippen LogP contribution in [0.2, 0.25) is 0 Å². The molecule has 9 nitrogen and oxygen atoms in total. The Morgan fingerprint density at radius 1 is 0.533 bits per heavy atom. The molecule has 0 aliphatic rings. The van der Waals surface area contributed by atoms with Gasteiger partial charge in [-0.1, -0.05) is 191 Å². The Hall–Kier alpha value is -2.03. The van der Waals surface area contributed by atoms with Crippen LogP contribution in [0.25, 0.3) is 0 Å². The van der Waals surface area contributed by atoms with Crippen LogP contribution in [-0.4, -0.2) is 70.0 Å². The van der Waals surface area contributed by atoms with Crippen LogP contribution in [0.3, 0.4) is 0 Å². The number of nitrogens with zero attached hydrogens (tertiary/aromatic N) is 1. The average Bonchev–Trinajstić information content (AvgIpc) is 3.20. The van der Waals surface area contributed by atoms with Gasteiger partial charge in [-0.3, -0.25) is 14.2 Å². The van der Waals surface area contributed by atoms with E-state index in [1.807, 2.05) is 21.1 Å². The van der Waals surface area contributed by atoms with Crippen molar-refractivity contribution in [1.29, 1.82) is 0 Å². The molecule has 0 radical (unpaired) electrons. The van der Waals surface area contributed by atoms with Crippen LogP contribution < -0.4 is 4.89 Å². The highest BCUT2D eigenvalue weighted by molar-refractivity contribution is 7.45. The van der Waals surface area contributed by atoms with E-state index in [0.29, 0.717) is 17.4 Å². The summed E-state index contributed by atoms with van der Waals surface area (Å²) in [6.45, 7) is 4.12. The third-order valence-corrected chi connectivity index (χ3v) is 11.3. The highest BCUT2D eigenvalue weighted by atomic mass is 31.2. The predicted octanol–water partition coefficient (Wildman–Crippen LogP) is 13.6. The molecule has 0 saturated carbocycles. The first-order valence-corrected chi connectivity index (χ1v) is 25.8. The number of phosphoric acid groups is 1. The lowest BCUT2D eigenvalue weighted by Crippen LogP contribution is -2.37. The Morgan fingerprint density at radius 3 is 1.42 bits per heavy atom. The van der Waals surface area contributed by atoms with Gasteiger partial charge in [0.1, 0.15) is 19.8 Å². The Kier molecular flexibility index (Phi) is 40.8. The number of carbonyl (C=O) groups is 2. The van der Waals surface area contributed by atoms with Gasteiger partial charge >= 0.3 is 11.9 Å². The van der Waals surface area contributed by atoms with E-state index >= 15 is 0 Å². The number of hydrogen-bond acceptors (Lipinski definition) is 8.